The summed E-state index contributed by atoms with van der Waals surface area (Å²) in [5, 5.41) is 50.1. The molecule has 3 aromatic carbocycles. The van der Waals surface area contributed by atoms with Crippen molar-refractivity contribution in [2.75, 3.05) is 0 Å². The molecule has 2 aliphatic rings. The standard InChI is InChI=1S/C35H5F4N9/c1-45-26-7-17(24(38)9-25(26)39)34-33(28(14-44)47-3)19-6-18-29(21(12-42)31(19)35(34)48-4)20(11-41)30(32(18)27(13-43)46-2)16-5-15(10-40)22(36)8-23(16)37/h5-9H/b32-27+,33-28-. The van der Waals surface area contributed by atoms with Crippen LogP contribution < -0.4 is 0 Å². The van der Waals surface area contributed by atoms with Gasteiger partial charge in [-0.2, -0.15) is 15.8 Å². The lowest BCUT2D eigenvalue weighted by atomic mass is 9.88. The molecule has 0 aromatic heterocycles. The minimum absolute atomic E-state index is 0.234. The maximum Gasteiger partial charge on any atom is 0.270 e. The fraction of sp³-hybridized carbons (Fsp3) is 0. The Morgan fingerprint density at radius 3 is 1.62 bits per heavy atom. The van der Waals surface area contributed by atoms with Crippen LogP contribution in [0.3, 0.4) is 0 Å². The summed E-state index contributed by atoms with van der Waals surface area (Å²) in [5.74, 6) is -5.05. The highest BCUT2D eigenvalue weighted by Gasteiger charge is 2.41. The Kier molecular flexibility index (Phi) is 7.59. The molecule has 0 radical (unpaired) electrons. The van der Waals surface area contributed by atoms with Gasteiger partial charge in [0.25, 0.3) is 11.4 Å². The number of fused-ring (bicyclic) bond motifs is 2. The molecule has 0 saturated carbocycles. The predicted octanol–water partition coefficient (Wildman–Crippen LogP) is 8.09. The van der Waals surface area contributed by atoms with E-state index >= 15 is 8.78 Å². The van der Waals surface area contributed by atoms with Crippen LogP contribution in [0.15, 0.2) is 41.7 Å². The van der Waals surface area contributed by atoms with Crippen molar-refractivity contribution in [3.05, 3.63) is 155 Å². The Labute approximate surface area is 268 Å². The van der Waals surface area contributed by atoms with Gasteiger partial charge in [0.15, 0.2) is 0 Å². The largest absolute Gasteiger partial charge is 0.270 e. The Bertz CT molecular complexity index is 2440. The Hall–Kier alpha value is -8.25. The average molecular weight is 627 g/mol. The molecule has 13 heteroatoms. The van der Waals surface area contributed by atoms with Crippen LogP contribution in [0, 0.1) is 106 Å². The molecule has 2 aliphatic carbocycles. The Balaban J connectivity index is 2.07. The second kappa shape index (κ2) is 11.7. The van der Waals surface area contributed by atoms with Crippen LogP contribution in [0.5, 0.6) is 0 Å². The minimum atomic E-state index is -1.29. The summed E-state index contributed by atoms with van der Waals surface area (Å²) in [6, 6.07) is 11.9. The first-order valence-electron chi connectivity index (χ1n) is 12.8. The molecule has 0 heterocycles. The lowest BCUT2D eigenvalue weighted by Gasteiger charge is -2.14. The summed E-state index contributed by atoms with van der Waals surface area (Å²) in [7, 11) is 0. The highest BCUT2D eigenvalue weighted by Crippen LogP contribution is 2.57. The van der Waals surface area contributed by atoms with Crippen molar-refractivity contribution in [2.24, 2.45) is 0 Å². The third-order valence-corrected chi connectivity index (χ3v) is 7.46. The first-order valence-corrected chi connectivity index (χ1v) is 12.8. The molecule has 0 unspecified atom stereocenters. The molecule has 0 saturated heterocycles. The van der Waals surface area contributed by atoms with E-state index in [1.54, 1.807) is 18.2 Å². The smallest absolute Gasteiger partial charge is 0.237 e. The van der Waals surface area contributed by atoms with Gasteiger partial charge >= 0.3 is 0 Å². The summed E-state index contributed by atoms with van der Waals surface area (Å²) < 4.78 is 59.5. The van der Waals surface area contributed by atoms with Gasteiger partial charge in [-0.25, -0.2) is 47.5 Å². The number of halogens is 4. The number of nitrogens with zero attached hydrogens (tertiary/aromatic N) is 9. The summed E-state index contributed by atoms with van der Waals surface area (Å²) in [6.07, 6.45) is 0. The van der Waals surface area contributed by atoms with Gasteiger partial charge in [-0.1, -0.05) is 0 Å². The number of allylic oxidation sites excluding steroid dienone is 7. The van der Waals surface area contributed by atoms with Gasteiger partial charge in [0.05, 0.1) is 61.2 Å². The molecular weight excluding hydrogens is 622 g/mol. The second-order valence-corrected chi connectivity index (χ2v) is 9.62. The number of hydrogen-bond acceptors (Lipinski definition) is 5. The molecule has 0 fully saturated rings. The zero-order valence-corrected chi connectivity index (χ0v) is 23.4. The average Bonchev–Trinajstić information content (AvgIpc) is 3.57. The van der Waals surface area contributed by atoms with Gasteiger partial charge in [-0.3, -0.25) is 0 Å². The highest BCUT2D eigenvalue weighted by molar-refractivity contribution is 6.30. The van der Waals surface area contributed by atoms with Crippen LogP contribution in [-0.4, -0.2) is 0 Å². The van der Waals surface area contributed by atoms with Crippen LogP contribution in [0.1, 0.15) is 44.5 Å². The van der Waals surface area contributed by atoms with Crippen molar-refractivity contribution in [2.45, 2.75) is 0 Å². The molecule has 0 aliphatic heterocycles. The minimum Gasteiger partial charge on any atom is -0.237 e. The van der Waals surface area contributed by atoms with E-state index < -0.39 is 96.2 Å². The van der Waals surface area contributed by atoms with Crippen molar-refractivity contribution >= 4 is 39.2 Å². The first-order chi connectivity index (χ1) is 23.1. The highest BCUT2D eigenvalue weighted by atomic mass is 19.1. The molecule has 0 N–H and O–H groups in total. The summed E-state index contributed by atoms with van der Waals surface area (Å²) in [4.78, 5) is 12.8. The summed E-state index contributed by atoms with van der Waals surface area (Å²) in [6.45, 7) is 30.6. The van der Waals surface area contributed by atoms with Gasteiger partial charge in [0.1, 0.15) is 35.4 Å². The van der Waals surface area contributed by atoms with E-state index in [2.05, 4.69) is 19.4 Å². The van der Waals surface area contributed by atoms with Gasteiger partial charge in [-0.05, 0) is 52.1 Å². The maximum atomic E-state index is 15.4. The lowest BCUT2D eigenvalue weighted by Crippen LogP contribution is -1.99. The summed E-state index contributed by atoms with van der Waals surface area (Å²) >= 11 is 0. The number of hydrogen-bond donors (Lipinski definition) is 0. The monoisotopic (exact) mass is 627 g/mol. The zero-order valence-electron chi connectivity index (χ0n) is 23.4. The fourth-order valence-electron chi connectivity index (χ4n) is 5.62. The van der Waals surface area contributed by atoms with Crippen molar-refractivity contribution in [3.63, 3.8) is 0 Å². The molecule has 0 spiro atoms. The van der Waals surface area contributed by atoms with Crippen molar-refractivity contribution < 1.29 is 17.6 Å². The third-order valence-electron chi connectivity index (χ3n) is 7.46. The second-order valence-electron chi connectivity index (χ2n) is 9.62. The normalized spacial score (nSPS) is 14.4. The predicted molar refractivity (Wildman–Crippen MR) is 159 cm³/mol. The third kappa shape index (κ3) is 4.23. The fourth-order valence-corrected chi connectivity index (χ4v) is 5.62. The molecule has 48 heavy (non-hydrogen) atoms. The number of rotatable bonds is 2. The van der Waals surface area contributed by atoms with Crippen LogP contribution in [0.4, 0.5) is 23.2 Å². The van der Waals surface area contributed by atoms with Crippen LogP contribution in [0.25, 0.3) is 52.9 Å². The molecular formula is C35H5F4N9. The van der Waals surface area contributed by atoms with Crippen LogP contribution in [0.2, 0.25) is 0 Å². The van der Waals surface area contributed by atoms with Gasteiger partial charge < -0.3 is 0 Å². The van der Waals surface area contributed by atoms with E-state index in [1.807, 2.05) is 6.07 Å². The van der Waals surface area contributed by atoms with E-state index in [0.717, 1.165) is 18.2 Å². The SMILES string of the molecule is [C-]#[N+]C1=C(c2cc([N+]#[C-])c(F)cc2F)/C(=C(/C#N)[N+]#[C-])c2cc3c(c(C#N)c21)C(C#N)=C(c1cc(C#N)c(F)cc1F)/C3=C(\C#N)[N+]#[C-]. The van der Waals surface area contributed by atoms with Crippen LogP contribution in [-0.2, 0) is 0 Å². The van der Waals surface area contributed by atoms with Crippen molar-refractivity contribution in [1.82, 2.24) is 0 Å². The lowest BCUT2D eigenvalue weighted by molar-refractivity contribution is 0.579. The van der Waals surface area contributed by atoms with E-state index in [1.165, 1.54) is 6.07 Å². The first kappa shape index (κ1) is 31.2. The Morgan fingerprint density at radius 2 is 1.12 bits per heavy atom. The molecule has 5 rings (SSSR count). The topological polar surface area (TPSA) is 136 Å². The van der Waals surface area contributed by atoms with E-state index in [4.69, 9.17) is 26.3 Å². The molecule has 218 valence electrons. The molecule has 9 nitrogen and oxygen atoms in total. The molecule has 0 amide bonds. The van der Waals surface area contributed by atoms with Gasteiger partial charge in [-0.15, -0.1) is 0 Å². The van der Waals surface area contributed by atoms with E-state index in [0.29, 0.717) is 12.1 Å². The van der Waals surface area contributed by atoms with Gasteiger partial charge in [0.2, 0.25) is 11.4 Å². The van der Waals surface area contributed by atoms with E-state index in [-0.39, 0.29) is 22.3 Å². The Morgan fingerprint density at radius 1 is 0.562 bits per heavy atom. The van der Waals surface area contributed by atoms with Crippen molar-refractivity contribution in [3.8, 4) is 30.3 Å². The van der Waals surface area contributed by atoms with Crippen LogP contribution >= 0.6 is 0 Å². The molecule has 3 aromatic rings. The van der Waals surface area contributed by atoms with E-state index in [9.17, 15) is 35.1 Å². The number of nitriles is 5. The van der Waals surface area contributed by atoms with Crippen molar-refractivity contribution in [1.29, 1.82) is 26.3 Å². The quantitative estimate of drug-likeness (QED) is 0.161. The summed E-state index contributed by atoms with van der Waals surface area (Å²) in [5.41, 5.74) is -8.29. The molecule has 0 atom stereocenters. The number of benzene rings is 3. The molecule has 0 bridgehead atoms. The maximum absolute atomic E-state index is 15.4. The zero-order chi connectivity index (χ0) is 35.0. The van der Waals surface area contributed by atoms with Gasteiger partial charge in [0, 0.05) is 33.9 Å².